The van der Waals surface area contributed by atoms with Crippen LogP contribution in [-0.2, 0) is 11.3 Å². The lowest BCUT2D eigenvalue weighted by Gasteiger charge is -2.31. The molecule has 0 N–H and O–H groups in total. The highest BCUT2D eigenvalue weighted by Gasteiger charge is 2.23. The van der Waals surface area contributed by atoms with Crippen molar-refractivity contribution in [3.8, 4) is 0 Å². The average Bonchev–Trinajstić information content (AvgIpc) is 2.64. The van der Waals surface area contributed by atoms with Crippen molar-refractivity contribution in [3.05, 3.63) is 65.7 Å². The molecule has 0 aromatic heterocycles. The zero-order valence-electron chi connectivity index (χ0n) is 15.4. The first-order valence-electron chi connectivity index (χ1n) is 8.86. The first-order chi connectivity index (χ1) is 12.1. The van der Waals surface area contributed by atoms with E-state index >= 15 is 0 Å². The maximum atomic E-state index is 12.4. The molecule has 0 bridgehead atoms. The molecule has 0 atom stereocenters. The van der Waals surface area contributed by atoms with Crippen LogP contribution in [0.15, 0.2) is 54.6 Å². The number of hydrogen-bond donors (Lipinski definition) is 0. The van der Waals surface area contributed by atoms with E-state index in [1.807, 2.05) is 49.3 Å². The largest absolute Gasteiger partial charge is 0.459 e. The number of benzene rings is 2. The minimum absolute atomic E-state index is 0. The molecule has 2 aromatic rings. The SMILES string of the molecule is CN(C)c1cccc(C(=O)OC2CCN(Cc3ccccc3)CC2)c1.Cl. The topological polar surface area (TPSA) is 32.8 Å². The van der Waals surface area contributed by atoms with Gasteiger partial charge in [0.15, 0.2) is 0 Å². The maximum Gasteiger partial charge on any atom is 0.338 e. The Morgan fingerprint density at radius 1 is 1.08 bits per heavy atom. The second-order valence-electron chi connectivity index (χ2n) is 6.81. The highest BCUT2D eigenvalue weighted by atomic mass is 35.5. The lowest BCUT2D eigenvalue weighted by atomic mass is 10.1. The first kappa shape index (κ1) is 20.3. The average molecular weight is 375 g/mol. The van der Waals surface area contributed by atoms with Gasteiger partial charge in [-0.1, -0.05) is 36.4 Å². The van der Waals surface area contributed by atoms with Crippen molar-refractivity contribution < 1.29 is 9.53 Å². The van der Waals surface area contributed by atoms with Crippen LogP contribution in [-0.4, -0.2) is 44.2 Å². The number of halogens is 1. The van der Waals surface area contributed by atoms with Crippen LogP contribution in [0.5, 0.6) is 0 Å². The Hall–Kier alpha value is -2.04. The molecule has 1 fully saturated rings. The van der Waals surface area contributed by atoms with Crippen molar-refractivity contribution in [1.82, 2.24) is 4.90 Å². The van der Waals surface area contributed by atoms with Crippen molar-refractivity contribution in [3.63, 3.8) is 0 Å². The molecule has 5 heteroatoms. The number of hydrogen-bond acceptors (Lipinski definition) is 4. The summed E-state index contributed by atoms with van der Waals surface area (Å²) in [5.41, 5.74) is 2.96. The number of anilines is 1. The van der Waals surface area contributed by atoms with Gasteiger partial charge in [0.1, 0.15) is 6.10 Å². The van der Waals surface area contributed by atoms with Crippen molar-refractivity contribution >= 4 is 24.1 Å². The predicted molar refractivity (Wildman–Crippen MR) is 108 cm³/mol. The van der Waals surface area contributed by atoms with Gasteiger partial charge < -0.3 is 9.64 Å². The van der Waals surface area contributed by atoms with Crippen LogP contribution in [0.3, 0.4) is 0 Å². The third-order valence-corrected chi connectivity index (χ3v) is 4.66. The number of rotatable bonds is 5. The number of carbonyl (C=O) groups excluding carboxylic acids is 1. The molecule has 3 rings (SSSR count). The maximum absolute atomic E-state index is 12.4. The lowest BCUT2D eigenvalue weighted by molar-refractivity contribution is 0.0104. The zero-order valence-corrected chi connectivity index (χ0v) is 16.2. The van der Waals surface area contributed by atoms with Crippen LogP contribution < -0.4 is 4.90 Å². The molecule has 1 heterocycles. The molecular formula is C21H27ClN2O2. The van der Waals surface area contributed by atoms with E-state index in [0.29, 0.717) is 5.56 Å². The van der Waals surface area contributed by atoms with E-state index in [2.05, 4.69) is 29.2 Å². The highest BCUT2D eigenvalue weighted by Crippen LogP contribution is 2.19. The fourth-order valence-electron chi connectivity index (χ4n) is 3.16. The Labute approximate surface area is 162 Å². The zero-order chi connectivity index (χ0) is 17.6. The molecule has 0 aliphatic carbocycles. The quantitative estimate of drug-likeness (QED) is 0.741. The highest BCUT2D eigenvalue weighted by molar-refractivity contribution is 5.90. The van der Waals surface area contributed by atoms with Gasteiger partial charge in [-0.3, -0.25) is 4.90 Å². The molecule has 4 nitrogen and oxygen atoms in total. The molecule has 1 aliphatic rings. The summed E-state index contributed by atoms with van der Waals surface area (Å²) in [6.45, 7) is 2.89. The molecule has 0 spiro atoms. The van der Waals surface area contributed by atoms with Crippen molar-refractivity contribution in [2.24, 2.45) is 0 Å². The van der Waals surface area contributed by atoms with E-state index in [-0.39, 0.29) is 24.5 Å². The predicted octanol–water partition coefficient (Wildman–Crippen LogP) is 4.00. The summed E-state index contributed by atoms with van der Waals surface area (Å²) < 4.78 is 5.73. The van der Waals surface area contributed by atoms with Gasteiger partial charge in [0.2, 0.25) is 0 Å². The number of ether oxygens (including phenoxy) is 1. The standard InChI is InChI=1S/C21H26N2O2.ClH/c1-22(2)19-10-6-9-18(15-19)21(24)25-20-11-13-23(14-12-20)16-17-7-4-3-5-8-17;/h3-10,15,20H,11-14,16H2,1-2H3;1H. The lowest BCUT2D eigenvalue weighted by Crippen LogP contribution is -2.37. The Bertz CT molecular complexity index is 698. The van der Waals surface area contributed by atoms with Crippen LogP contribution in [0.4, 0.5) is 5.69 Å². The third kappa shape index (κ3) is 5.48. The van der Waals surface area contributed by atoms with Crippen molar-refractivity contribution in [2.45, 2.75) is 25.5 Å². The fourth-order valence-corrected chi connectivity index (χ4v) is 3.16. The van der Waals surface area contributed by atoms with Gasteiger partial charge in [0.05, 0.1) is 5.56 Å². The summed E-state index contributed by atoms with van der Waals surface area (Å²) in [6.07, 6.45) is 1.81. The molecule has 1 aliphatic heterocycles. The minimum atomic E-state index is -0.217. The van der Waals surface area contributed by atoms with Gasteiger partial charge in [0, 0.05) is 39.4 Å². The van der Waals surface area contributed by atoms with Crippen molar-refractivity contribution in [2.75, 3.05) is 32.1 Å². The second kappa shape index (κ2) is 9.60. The Kier molecular flexibility index (Phi) is 7.49. The van der Waals surface area contributed by atoms with Gasteiger partial charge in [-0.15, -0.1) is 12.4 Å². The molecule has 140 valence electrons. The van der Waals surface area contributed by atoms with E-state index in [1.165, 1.54) is 5.56 Å². The molecule has 26 heavy (non-hydrogen) atoms. The monoisotopic (exact) mass is 374 g/mol. The van der Waals surface area contributed by atoms with Crippen molar-refractivity contribution in [1.29, 1.82) is 0 Å². The van der Waals surface area contributed by atoms with Crippen LogP contribution >= 0.6 is 12.4 Å². The fraction of sp³-hybridized carbons (Fsp3) is 0.381. The van der Waals surface area contributed by atoms with Gasteiger partial charge >= 0.3 is 5.97 Å². The van der Waals surface area contributed by atoms with Crippen LogP contribution in [0.1, 0.15) is 28.8 Å². The van der Waals surface area contributed by atoms with Gasteiger partial charge in [-0.25, -0.2) is 4.79 Å². The normalized spacial score (nSPS) is 15.2. The Morgan fingerprint density at radius 3 is 2.42 bits per heavy atom. The number of esters is 1. The van der Waals surface area contributed by atoms with Crippen LogP contribution in [0.25, 0.3) is 0 Å². The molecule has 0 radical (unpaired) electrons. The van der Waals surface area contributed by atoms with E-state index < -0.39 is 0 Å². The Morgan fingerprint density at radius 2 is 1.77 bits per heavy atom. The number of carbonyl (C=O) groups is 1. The van der Waals surface area contributed by atoms with E-state index in [0.717, 1.165) is 38.2 Å². The Balaban J connectivity index is 0.00000243. The first-order valence-corrected chi connectivity index (χ1v) is 8.86. The van der Waals surface area contributed by atoms with Gasteiger partial charge in [-0.05, 0) is 36.6 Å². The van der Waals surface area contributed by atoms with E-state index in [4.69, 9.17) is 4.74 Å². The molecular weight excluding hydrogens is 348 g/mol. The summed E-state index contributed by atoms with van der Waals surface area (Å²) in [5.74, 6) is -0.217. The minimum Gasteiger partial charge on any atom is -0.459 e. The number of nitrogens with zero attached hydrogens (tertiary/aromatic N) is 2. The van der Waals surface area contributed by atoms with Gasteiger partial charge in [0.25, 0.3) is 0 Å². The molecule has 0 amide bonds. The summed E-state index contributed by atoms with van der Waals surface area (Å²) in [6, 6.07) is 18.1. The van der Waals surface area contributed by atoms with Gasteiger partial charge in [-0.2, -0.15) is 0 Å². The smallest absolute Gasteiger partial charge is 0.338 e. The summed E-state index contributed by atoms with van der Waals surface area (Å²) in [7, 11) is 3.93. The molecule has 0 unspecified atom stereocenters. The van der Waals surface area contributed by atoms with Crippen LogP contribution in [0, 0.1) is 0 Å². The number of likely N-dealkylation sites (tertiary alicyclic amines) is 1. The number of piperidine rings is 1. The molecule has 1 saturated heterocycles. The van der Waals surface area contributed by atoms with E-state index in [9.17, 15) is 4.79 Å². The third-order valence-electron chi connectivity index (χ3n) is 4.66. The summed E-state index contributed by atoms with van der Waals surface area (Å²) >= 11 is 0. The molecule has 0 saturated carbocycles. The molecule has 2 aromatic carbocycles. The summed E-state index contributed by atoms with van der Waals surface area (Å²) in [4.78, 5) is 16.8. The summed E-state index contributed by atoms with van der Waals surface area (Å²) in [5, 5.41) is 0. The second-order valence-corrected chi connectivity index (χ2v) is 6.81. The van der Waals surface area contributed by atoms with Crippen LogP contribution in [0.2, 0.25) is 0 Å². The van der Waals surface area contributed by atoms with E-state index in [1.54, 1.807) is 0 Å².